The summed E-state index contributed by atoms with van der Waals surface area (Å²) in [7, 11) is -3.67. The summed E-state index contributed by atoms with van der Waals surface area (Å²) in [6, 6.07) is 9.68. The van der Waals surface area contributed by atoms with Crippen LogP contribution in [0.25, 0.3) is 11.3 Å². The number of aromatic nitrogens is 2. The van der Waals surface area contributed by atoms with Crippen LogP contribution in [0.2, 0.25) is 0 Å². The number of sulfonamides is 1. The first-order valence-corrected chi connectivity index (χ1v) is 12.4. The van der Waals surface area contributed by atoms with Crippen molar-refractivity contribution in [2.45, 2.75) is 44.8 Å². The molecule has 1 aromatic carbocycles. The molecule has 0 N–H and O–H groups in total. The van der Waals surface area contributed by atoms with Crippen LogP contribution in [0, 0.1) is 12.7 Å². The van der Waals surface area contributed by atoms with Gasteiger partial charge in [-0.1, -0.05) is 6.07 Å². The molecule has 1 spiro atoms. The predicted molar refractivity (Wildman–Crippen MR) is 123 cm³/mol. The van der Waals surface area contributed by atoms with E-state index in [0.717, 1.165) is 17.0 Å². The summed E-state index contributed by atoms with van der Waals surface area (Å²) in [6.07, 6.45) is 6.13. The van der Waals surface area contributed by atoms with Gasteiger partial charge in [-0.15, -0.1) is 0 Å². The summed E-state index contributed by atoms with van der Waals surface area (Å²) in [6.45, 7) is 5.25. The Morgan fingerprint density at radius 1 is 1.24 bits per heavy atom. The van der Waals surface area contributed by atoms with Crippen LogP contribution in [-0.4, -0.2) is 41.4 Å². The lowest BCUT2D eigenvalue weighted by molar-refractivity contribution is 0.118. The van der Waals surface area contributed by atoms with Gasteiger partial charge in [0.15, 0.2) is 12.2 Å². The molecule has 0 bridgehead atoms. The lowest BCUT2D eigenvalue weighted by atomic mass is 9.83. The van der Waals surface area contributed by atoms with Gasteiger partial charge in [-0.25, -0.2) is 17.8 Å². The number of pyridine rings is 1. The highest BCUT2D eigenvalue weighted by Crippen LogP contribution is 2.43. The fourth-order valence-electron chi connectivity index (χ4n) is 4.99. The fraction of sp³-hybridized carbons (Fsp3) is 0.333. The fourth-order valence-corrected chi connectivity index (χ4v) is 6.68. The zero-order valence-corrected chi connectivity index (χ0v) is 19.3. The Kier molecular flexibility index (Phi) is 5.33. The number of piperidine rings is 1. The minimum atomic E-state index is -3.67. The summed E-state index contributed by atoms with van der Waals surface area (Å²) >= 11 is 0. The van der Waals surface area contributed by atoms with Gasteiger partial charge in [0.05, 0.1) is 11.2 Å². The summed E-state index contributed by atoms with van der Waals surface area (Å²) in [5.41, 5.74) is 2.24. The molecule has 4 heterocycles. The number of rotatable bonds is 4. The van der Waals surface area contributed by atoms with E-state index in [1.54, 1.807) is 18.3 Å². The quantitative estimate of drug-likeness (QED) is 0.569. The molecule has 2 atom stereocenters. The summed E-state index contributed by atoms with van der Waals surface area (Å²) in [5, 5.41) is 1.25. The molecule has 2 aliphatic heterocycles. The Balaban J connectivity index is 1.40. The molecule has 7 nitrogen and oxygen atoms in total. The molecule has 9 heteroatoms. The Hall–Kier alpha value is -3.04. The number of oxazole rings is 1. The standard InChI is InChI=1S/C24H25FN4O3S/c1-17-14-24(9-12-33(30,31)29(24)20-6-3-5-19(25)13-20)8-11-28(17)15-22-23(32-16-27-22)21-7-4-10-26-18(21)2/h3-7,9-10,12-13,16-17H,8,11,14-15H2,1-2H3/t17-,24-/m0/s1. The van der Waals surface area contributed by atoms with Gasteiger partial charge in [-0.05, 0) is 63.1 Å². The Bertz CT molecular complexity index is 1320. The molecule has 2 aliphatic rings. The highest BCUT2D eigenvalue weighted by Gasteiger charge is 2.49. The van der Waals surface area contributed by atoms with Gasteiger partial charge in [-0.3, -0.25) is 14.2 Å². The van der Waals surface area contributed by atoms with E-state index in [1.165, 1.54) is 34.3 Å². The summed E-state index contributed by atoms with van der Waals surface area (Å²) in [4.78, 5) is 11.1. The van der Waals surface area contributed by atoms with E-state index in [2.05, 4.69) is 21.8 Å². The van der Waals surface area contributed by atoms with E-state index in [1.807, 2.05) is 19.1 Å². The second-order valence-corrected chi connectivity index (χ2v) is 10.4. The lowest BCUT2D eigenvalue weighted by Gasteiger charge is -2.47. The zero-order valence-electron chi connectivity index (χ0n) is 18.5. The smallest absolute Gasteiger partial charge is 0.258 e. The van der Waals surface area contributed by atoms with E-state index in [4.69, 9.17) is 4.42 Å². The van der Waals surface area contributed by atoms with Crippen LogP contribution in [-0.2, 0) is 16.6 Å². The summed E-state index contributed by atoms with van der Waals surface area (Å²) in [5.74, 6) is 0.248. The molecule has 0 amide bonds. The molecule has 0 radical (unpaired) electrons. The summed E-state index contributed by atoms with van der Waals surface area (Å²) < 4.78 is 46.8. The number of hydrogen-bond acceptors (Lipinski definition) is 6. The maximum absolute atomic E-state index is 13.9. The van der Waals surface area contributed by atoms with Crippen molar-refractivity contribution in [2.24, 2.45) is 0 Å². The maximum atomic E-state index is 13.9. The monoisotopic (exact) mass is 468 g/mol. The molecule has 0 unspecified atom stereocenters. The second kappa shape index (κ2) is 8.07. The van der Waals surface area contributed by atoms with Gasteiger partial charge in [-0.2, -0.15) is 0 Å². The molecular weight excluding hydrogens is 443 g/mol. The van der Waals surface area contributed by atoms with Gasteiger partial charge < -0.3 is 4.42 Å². The lowest BCUT2D eigenvalue weighted by Crippen LogP contribution is -2.56. The first-order valence-electron chi connectivity index (χ1n) is 10.9. The molecule has 0 aliphatic carbocycles. The zero-order chi connectivity index (χ0) is 23.2. The first-order chi connectivity index (χ1) is 15.8. The number of halogens is 1. The van der Waals surface area contributed by atoms with Crippen molar-refractivity contribution >= 4 is 15.7 Å². The van der Waals surface area contributed by atoms with Crippen LogP contribution < -0.4 is 4.31 Å². The van der Waals surface area contributed by atoms with Crippen molar-refractivity contribution in [3.05, 3.63) is 77.7 Å². The number of anilines is 1. The number of benzene rings is 1. The van der Waals surface area contributed by atoms with Crippen molar-refractivity contribution in [1.29, 1.82) is 0 Å². The molecule has 5 rings (SSSR count). The van der Waals surface area contributed by atoms with Crippen LogP contribution in [0.1, 0.15) is 31.2 Å². The topological polar surface area (TPSA) is 79.5 Å². The highest BCUT2D eigenvalue weighted by molar-refractivity contribution is 7.96. The Morgan fingerprint density at radius 2 is 2.09 bits per heavy atom. The third-order valence-electron chi connectivity index (χ3n) is 6.60. The second-order valence-electron chi connectivity index (χ2n) is 8.73. The van der Waals surface area contributed by atoms with E-state index in [0.29, 0.717) is 37.4 Å². The van der Waals surface area contributed by atoms with Crippen LogP contribution in [0.5, 0.6) is 0 Å². The molecule has 3 aromatic rings. The molecule has 1 fully saturated rings. The first kappa shape index (κ1) is 21.8. The van der Waals surface area contributed by atoms with Crippen molar-refractivity contribution in [3.8, 4) is 11.3 Å². The third kappa shape index (κ3) is 3.85. The van der Waals surface area contributed by atoms with Crippen LogP contribution in [0.4, 0.5) is 10.1 Å². The molecular formula is C24H25FN4O3S. The van der Waals surface area contributed by atoms with Crippen LogP contribution in [0.3, 0.4) is 0 Å². The minimum Gasteiger partial charge on any atom is -0.443 e. The average molecular weight is 469 g/mol. The number of likely N-dealkylation sites (tertiary alicyclic amines) is 1. The molecule has 33 heavy (non-hydrogen) atoms. The maximum Gasteiger partial charge on any atom is 0.258 e. The van der Waals surface area contributed by atoms with Crippen LogP contribution >= 0.6 is 0 Å². The van der Waals surface area contributed by atoms with Crippen molar-refractivity contribution in [1.82, 2.24) is 14.9 Å². The predicted octanol–water partition coefficient (Wildman–Crippen LogP) is 4.27. The van der Waals surface area contributed by atoms with Crippen molar-refractivity contribution in [3.63, 3.8) is 0 Å². The normalized spacial score (nSPS) is 24.6. The Labute approximate surface area is 192 Å². The van der Waals surface area contributed by atoms with Gasteiger partial charge in [0.2, 0.25) is 0 Å². The van der Waals surface area contributed by atoms with Gasteiger partial charge in [0.1, 0.15) is 11.5 Å². The largest absolute Gasteiger partial charge is 0.443 e. The van der Waals surface area contributed by atoms with Crippen LogP contribution in [0.15, 0.2) is 64.9 Å². The Morgan fingerprint density at radius 3 is 2.85 bits per heavy atom. The van der Waals surface area contributed by atoms with E-state index < -0.39 is 21.4 Å². The molecule has 0 saturated carbocycles. The average Bonchev–Trinajstić information content (AvgIpc) is 3.32. The van der Waals surface area contributed by atoms with E-state index in [-0.39, 0.29) is 6.04 Å². The van der Waals surface area contributed by atoms with Gasteiger partial charge >= 0.3 is 0 Å². The van der Waals surface area contributed by atoms with Gasteiger partial charge in [0.25, 0.3) is 10.0 Å². The highest BCUT2D eigenvalue weighted by atomic mass is 32.2. The number of hydrogen-bond donors (Lipinski definition) is 0. The minimum absolute atomic E-state index is 0.0623. The SMILES string of the molecule is Cc1ncccc1-c1ocnc1CN1CC[C@]2(C=CS(=O)(=O)N2c2cccc(F)c2)C[C@@H]1C. The molecule has 1 saturated heterocycles. The van der Waals surface area contributed by atoms with E-state index >= 15 is 0 Å². The van der Waals surface area contributed by atoms with E-state index in [9.17, 15) is 12.8 Å². The van der Waals surface area contributed by atoms with Gasteiger partial charge in [0, 0.05) is 42.0 Å². The molecule has 2 aromatic heterocycles. The van der Waals surface area contributed by atoms with Crippen molar-refractivity contribution < 1.29 is 17.2 Å². The van der Waals surface area contributed by atoms with Crippen molar-refractivity contribution in [2.75, 3.05) is 10.8 Å². The number of nitrogens with zero attached hydrogens (tertiary/aromatic N) is 4. The number of aryl methyl sites for hydroxylation is 1. The third-order valence-corrected chi connectivity index (χ3v) is 8.17. The molecule has 172 valence electrons.